The Morgan fingerprint density at radius 3 is 2.78 bits per heavy atom. The first-order valence-electron chi connectivity index (χ1n) is 6.68. The van der Waals surface area contributed by atoms with Crippen LogP contribution in [0.5, 0.6) is 0 Å². The number of anilines is 1. The number of hydrogen-bond donors (Lipinski definition) is 2. The molecule has 6 heteroatoms. The third-order valence-corrected chi connectivity index (χ3v) is 4.12. The molecule has 0 aliphatic heterocycles. The molecule has 0 unspecified atom stereocenters. The number of hydrogen-bond acceptors (Lipinski definition) is 2. The van der Waals surface area contributed by atoms with Gasteiger partial charge in [0.1, 0.15) is 0 Å². The summed E-state index contributed by atoms with van der Waals surface area (Å²) >= 11 is 13.5. The molecule has 116 valence electrons. The highest BCUT2D eigenvalue weighted by atomic mass is 127. The highest BCUT2D eigenvalue weighted by Gasteiger charge is 2.06. The van der Waals surface area contributed by atoms with Crippen molar-refractivity contribution in [2.24, 2.45) is 0 Å². The van der Waals surface area contributed by atoms with Crippen molar-refractivity contribution in [2.45, 2.75) is 6.54 Å². The van der Waals surface area contributed by atoms with Crippen LogP contribution >= 0.6 is 46.4 Å². The Kier molecular flexibility index (Phi) is 6.39. The Hall–Kier alpha value is -1.62. The van der Waals surface area contributed by atoms with Crippen LogP contribution in [0.3, 0.4) is 0 Å². The minimum absolute atomic E-state index is 0.486. The first-order chi connectivity index (χ1) is 11.0. The fraction of sp³-hybridized carbons (Fsp3) is 0.0588. The molecule has 2 aromatic rings. The van der Waals surface area contributed by atoms with Crippen LogP contribution in [0.4, 0.5) is 5.69 Å². The molecule has 0 spiro atoms. The average molecular weight is 454 g/mol. The molecule has 2 rings (SSSR count). The Balaban J connectivity index is 2.02. The lowest BCUT2D eigenvalue weighted by atomic mass is 10.1. The number of rotatable bonds is 4. The molecule has 0 aliphatic carbocycles. The van der Waals surface area contributed by atoms with Gasteiger partial charge in [0.15, 0.2) is 5.11 Å². The molecule has 0 saturated carbocycles. The number of nitriles is 1. The van der Waals surface area contributed by atoms with Crippen molar-refractivity contribution in [3.63, 3.8) is 0 Å². The molecular formula is C17H13ClIN3S. The fourth-order valence-corrected chi connectivity index (χ4v) is 2.84. The molecule has 2 aromatic carbocycles. The minimum atomic E-state index is 0.486. The predicted molar refractivity (Wildman–Crippen MR) is 109 cm³/mol. The summed E-state index contributed by atoms with van der Waals surface area (Å²) in [6.07, 6.45) is 0. The smallest absolute Gasteiger partial charge is 0.171 e. The van der Waals surface area contributed by atoms with E-state index in [1.165, 1.54) is 0 Å². The van der Waals surface area contributed by atoms with Crippen molar-refractivity contribution >= 4 is 60.8 Å². The molecule has 2 N–H and O–H groups in total. The highest BCUT2D eigenvalue weighted by Crippen LogP contribution is 2.26. The summed E-state index contributed by atoms with van der Waals surface area (Å²) in [5, 5.41) is 16.3. The topological polar surface area (TPSA) is 47.8 Å². The minimum Gasteiger partial charge on any atom is -0.358 e. The van der Waals surface area contributed by atoms with Gasteiger partial charge >= 0.3 is 0 Å². The van der Waals surface area contributed by atoms with E-state index in [-0.39, 0.29) is 0 Å². The van der Waals surface area contributed by atoms with Gasteiger partial charge < -0.3 is 10.6 Å². The zero-order chi connectivity index (χ0) is 16.8. The number of thiocarbonyl (C=S) groups is 1. The Labute approximate surface area is 159 Å². The summed E-state index contributed by atoms with van der Waals surface area (Å²) < 4.78 is 0.919. The monoisotopic (exact) mass is 453 g/mol. The van der Waals surface area contributed by atoms with E-state index < -0.39 is 0 Å². The third-order valence-electron chi connectivity index (χ3n) is 3.05. The van der Waals surface area contributed by atoms with E-state index in [4.69, 9.17) is 29.1 Å². The zero-order valence-electron chi connectivity index (χ0n) is 12.1. The first-order valence-corrected chi connectivity index (χ1v) is 8.54. The van der Waals surface area contributed by atoms with Gasteiger partial charge in [-0.1, -0.05) is 30.3 Å². The van der Waals surface area contributed by atoms with Crippen LogP contribution in [0, 0.1) is 11.3 Å². The number of halogens is 2. The van der Waals surface area contributed by atoms with Crippen molar-refractivity contribution in [1.29, 1.82) is 5.26 Å². The summed E-state index contributed by atoms with van der Waals surface area (Å²) in [5.41, 5.74) is 3.42. The maximum atomic E-state index is 8.91. The van der Waals surface area contributed by atoms with Crippen molar-refractivity contribution in [3.8, 4) is 6.07 Å². The van der Waals surface area contributed by atoms with Crippen molar-refractivity contribution in [3.05, 3.63) is 70.8 Å². The van der Waals surface area contributed by atoms with Gasteiger partial charge in [0.25, 0.3) is 0 Å². The summed E-state index contributed by atoms with van der Waals surface area (Å²) in [7, 11) is 0. The average Bonchev–Trinajstić information content (AvgIpc) is 2.53. The van der Waals surface area contributed by atoms with Crippen LogP contribution in [0.2, 0.25) is 5.02 Å². The molecule has 0 amide bonds. The second-order valence-electron chi connectivity index (χ2n) is 4.71. The molecule has 0 bridgehead atoms. The van der Waals surface area contributed by atoms with Crippen LogP contribution in [0.1, 0.15) is 16.7 Å². The van der Waals surface area contributed by atoms with Gasteiger partial charge in [-0.3, -0.25) is 0 Å². The van der Waals surface area contributed by atoms with Gasteiger partial charge in [-0.05, 0) is 76.3 Å². The number of nitrogens with zero attached hydrogens (tertiary/aromatic N) is 1. The van der Waals surface area contributed by atoms with Gasteiger partial charge in [-0.2, -0.15) is 5.26 Å². The second kappa shape index (κ2) is 8.29. The summed E-state index contributed by atoms with van der Waals surface area (Å²) in [6, 6.07) is 14.9. The fourth-order valence-electron chi connectivity index (χ4n) is 1.97. The van der Waals surface area contributed by atoms with Gasteiger partial charge in [0.05, 0.1) is 11.6 Å². The Bertz CT molecular complexity index is 799. The SMILES string of the molecule is C=C(I)c1cc(Cl)ccc1CNC(=S)Nc1cccc(C#N)c1. The normalized spacial score (nSPS) is 9.78. The Morgan fingerprint density at radius 1 is 1.30 bits per heavy atom. The van der Waals surface area contributed by atoms with Crippen LogP contribution in [-0.2, 0) is 6.54 Å². The van der Waals surface area contributed by atoms with Crippen molar-refractivity contribution < 1.29 is 0 Å². The molecule has 3 nitrogen and oxygen atoms in total. The van der Waals surface area contributed by atoms with E-state index in [0.717, 1.165) is 20.4 Å². The third kappa shape index (κ3) is 5.20. The molecule has 0 fully saturated rings. The van der Waals surface area contributed by atoms with E-state index in [1.807, 2.05) is 24.3 Å². The molecule has 0 aromatic heterocycles. The van der Waals surface area contributed by atoms with E-state index >= 15 is 0 Å². The van der Waals surface area contributed by atoms with E-state index in [1.54, 1.807) is 18.2 Å². The lowest BCUT2D eigenvalue weighted by molar-refractivity contribution is 0.923. The van der Waals surface area contributed by atoms with Crippen molar-refractivity contribution in [1.82, 2.24) is 5.32 Å². The van der Waals surface area contributed by atoms with Gasteiger partial charge in [-0.25, -0.2) is 0 Å². The van der Waals surface area contributed by atoms with Crippen LogP contribution < -0.4 is 10.6 Å². The standard InChI is InChI=1S/C17H13ClIN3S/c1-11(19)16-8-14(18)6-5-13(16)10-21-17(23)22-15-4-2-3-12(7-15)9-20/h2-8H,1,10H2,(H2,21,22,23). The molecular weight excluding hydrogens is 441 g/mol. The van der Waals surface area contributed by atoms with Gasteiger partial charge in [0.2, 0.25) is 0 Å². The van der Waals surface area contributed by atoms with E-state index in [2.05, 4.69) is 45.9 Å². The van der Waals surface area contributed by atoms with Crippen LogP contribution in [0.25, 0.3) is 3.58 Å². The largest absolute Gasteiger partial charge is 0.358 e. The number of nitrogens with one attached hydrogen (secondary N) is 2. The molecule has 0 heterocycles. The maximum Gasteiger partial charge on any atom is 0.171 e. The quantitative estimate of drug-likeness (QED) is 0.499. The maximum absolute atomic E-state index is 8.91. The first kappa shape index (κ1) is 17.7. The van der Waals surface area contributed by atoms with E-state index in [0.29, 0.717) is 22.2 Å². The van der Waals surface area contributed by atoms with Crippen molar-refractivity contribution in [2.75, 3.05) is 5.32 Å². The summed E-state index contributed by atoms with van der Waals surface area (Å²) in [5.74, 6) is 0. The summed E-state index contributed by atoms with van der Waals surface area (Å²) in [6.45, 7) is 4.52. The van der Waals surface area contributed by atoms with E-state index in [9.17, 15) is 0 Å². The molecule has 23 heavy (non-hydrogen) atoms. The lowest BCUT2D eigenvalue weighted by Crippen LogP contribution is -2.28. The lowest BCUT2D eigenvalue weighted by Gasteiger charge is -2.13. The highest BCUT2D eigenvalue weighted by molar-refractivity contribution is 14.1. The van der Waals surface area contributed by atoms with Crippen LogP contribution in [0.15, 0.2) is 49.0 Å². The molecule has 0 aliphatic rings. The Morgan fingerprint density at radius 2 is 2.09 bits per heavy atom. The zero-order valence-corrected chi connectivity index (χ0v) is 15.8. The molecule has 0 saturated heterocycles. The van der Waals surface area contributed by atoms with Gasteiger partial charge in [0, 0.05) is 20.8 Å². The second-order valence-corrected chi connectivity index (χ2v) is 6.85. The summed E-state index contributed by atoms with van der Waals surface area (Å²) in [4.78, 5) is 0. The van der Waals surface area contributed by atoms with Crippen LogP contribution in [-0.4, -0.2) is 5.11 Å². The number of benzene rings is 2. The van der Waals surface area contributed by atoms with Gasteiger partial charge in [-0.15, -0.1) is 0 Å². The molecule has 0 atom stereocenters. The predicted octanol–water partition coefficient (Wildman–Crippen LogP) is 5.10. The molecule has 0 radical (unpaired) electrons.